The molecule has 0 fully saturated rings. The normalized spacial score (nSPS) is 11.5. The Balaban J connectivity index is 1.61. The highest BCUT2D eigenvalue weighted by molar-refractivity contribution is 5.79. The smallest absolute Gasteiger partial charge is 0.191 e. The summed E-state index contributed by atoms with van der Waals surface area (Å²) in [5, 5.41) is 6.67. The van der Waals surface area contributed by atoms with Gasteiger partial charge in [0.1, 0.15) is 5.65 Å². The molecule has 3 rings (SSSR count). The highest BCUT2D eigenvalue weighted by Gasteiger charge is 2.06. The minimum atomic E-state index is 0.521. The Hall–Kier alpha value is -3.22. The average molecular weight is 396 g/mol. The fourth-order valence-corrected chi connectivity index (χ4v) is 3.14. The molecule has 2 aromatic heterocycles. The Morgan fingerprint density at radius 2 is 1.93 bits per heavy atom. The van der Waals surface area contributed by atoms with Gasteiger partial charge in [0, 0.05) is 25.0 Å². The lowest BCUT2D eigenvalue weighted by atomic mass is 10.1. The van der Waals surface area contributed by atoms with Crippen molar-refractivity contribution in [3.05, 3.63) is 59.5 Å². The molecular weight excluding hydrogens is 366 g/mol. The number of aromatic nitrogens is 2. The number of guanidine groups is 1. The zero-order valence-electron chi connectivity index (χ0n) is 17.5. The first-order valence-corrected chi connectivity index (χ1v) is 9.81. The zero-order chi connectivity index (χ0) is 20.6. The number of hydrogen-bond acceptors (Lipinski definition) is 4. The van der Waals surface area contributed by atoms with E-state index in [4.69, 9.17) is 9.47 Å². The Labute approximate surface area is 171 Å². The number of ether oxygens (including phenoxy) is 2. The van der Waals surface area contributed by atoms with Crippen LogP contribution in [0.15, 0.2) is 47.6 Å². The van der Waals surface area contributed by atoms with Gasteiger partial charge >= 0.3 is 0 Å². The van der Waals surface area contributed by atoms with Gasteiger partial charge in [0.05, 0.1) is 26.5 Å². The topological polar surface area (TPSA) is 72.2 Å². The van der Waals surface area contributed by atoms with Gasteiger partial charge in [-0.2, -0.15) is 0 Å². The first kappa shape index (κ1) is 20.5. The van der Waals surface area contributed by atoms with E-state index in [0.717, 1.165) is 54.0 Å². The summed E-state index contributed by atoms with van der Waals surface area (Å²) in [6.45, 7) is 6.20. The molecule has 0 amide bonds. The minimum Gasteiger partial charge on any atom is -0.493 e. The van der Waals surface area contributed by atoms with Crippen LogP contribution < -0.4 is 20.1 Å². The molecule has 0 radical (unpaired) electrons. The lowest BCUT2D eigenvalue weighted by molar-refractivity contribution is 0.354. The van der Waals surface area contributed by atoms with E-state index in [9.17, 15) is 0 Å². The Morgan fingerprint density at radius 1 is 1.10 bits per heavy atom. The first-order valence-electron chi connectivity index (χ1n) is 9.81. The number of imidazole rings is 1. The number of fused-ring (bicyclic) bond motifs is 1. The molecule has 0 spiro atoms. The van der Waals surface area contributed by atoms with Crippen LogP contribution in [0.5, 0.6) is 11.5 Å². The van der Waals surface area contributed by atoms with E-state index in [1.165, 1.54) is 5.56 Å². The SMILES string of the molecule is CCNC(=NCc1cn2c(C)cccc2n1)NCCc1ccc(OC)c(OC)c1. The molecule has 0 aliphatic rings. The van der Waals surface area contributed by atoms with Gasteiger partial charge in [-0.3, -0.25) is 0 Å². The monoisotopic (exact) mass is 395 g/mol. The van der Waals surface area contributed by atoms with E-state index in [2.05, 4.69) is 44.9 Å². The molecule has 0 aliphatic carbocycles. The van der Waals surface area contributed by atoms with Crippen molar-refractivity contribution in [2.24, 2.45) is 4.99 Å². The first-order chi connectivity index (χ1) is 14.1. The summed E-state index contributed by atoms with van der Waals surface area (Å²) in [4.78, 5) is 9.32. The molecule has 1 aromatic carbocycles. The van der Waals surface area contributed by atoms with Crippen molar-refractivity contribution in [2.75, 3.05) is 27.3 Å². The predicted octanol–water partition coefficient (Wildman–Crippen LogP) is 2.96. The molecule has 0 bridgehead atoms. The maximum atomic E-state index is 5.37. The fourth-order valence-electron chi connectivity index (χ4n) is 3.14. The number of nitrogens with one attached hydrogen (secondary N) is 2. The second-order valence-corrected chi connectivity index (χ2v) is 6.69. The van der Waals surface area contributed by atoms with E-state index < -0.39 is 0 Å². The molecule has 0 aliphatic heterocycles. The fraction of sp³-hybridized carbons (Fsp3) is 0.364. The number of aryl methyl sites for hydroxylation is 1. The zero-order valence-corrected chi connectivity index (χ0v) is 17.5. The molecule has 3 aromatic rings. The number of benzene rings is 1. The van der Waals surface area contributed by atoms with Gasteiger partial charge in [0.2, 0.25) is 0 Å². The van der Waals surface area contributed by atoms with Crippen molar-refractivity contribution in [3.63, 3.8) is 0 Å². The molecule has 0 atom stereocenters. The van der Waals surface area contributed by atoms with Crippen molar-refractivity contribution in [2.45, 2.75) is 26.8 Å². The van der Waals surface area contributed by atoms with Crippen LogP contribution in [0.25, 0.3) is 5.65 Å². The van der Waals surface area contributed by atoms with Crippen LogP contribution >= 0.6 is 0 Å². The standard InChI is InChI=1S/C22H29N5O2/c1-5-23-22(24-12-11-17-9-10-19(28-3)20(13-17)29-4)25-14-18-15-27-16(2)7-6-8-21(27)26-18/h6-10,13,15H,5,11-12,14H2,1-4H3,(H2,23,24,25). The summed E-state index contributed by atoms with van der Waals surface area (Å²) in [5.74, 6) is 2.26. The van der Waals surface area contributed by atoms with Gasteiger partial charge in [-0.25, -0.2) is 9.98 Å². The van der Waals surface area contributed by atoms with Crippen molar-refractivity contribution < 1.29 is 9.47 Å². The molecule has 0 saturated heterocycles. The summed E-state index contributed by atoms with van der Waals surface area (Å²) in [6.07, 6.45) is 2.89. The van der Waals surface area contributed by atoms with Crippen LogP contribution in [0.2, 0.25) is 0 Å². The van der Waals surface area contributed by atoms with Gasteiger partial charge < -0.3 is 24.5 Å². The number of nitrogens with zero attached hydrogens (tertiary/aromatic N) is 3. The maximum Gasteiger partial charge on any atom is 0.191 e. The predicted molar refractivity (Wildman–Crippen MR) is 116 cm³/mol. The van der Waals surface area contributed by atoms with Crippen LogP contribution in [0.3, 0.4) is 0 Å². The summed E-state index contributed by atoms with van der Waals surface area (Å²) >= 11 is 0. The van der Waals surface area contributed by atoms with Gasteiger partial charge in [0.15, 0.2) is 17.5 Å². The van der Waals surface area contributed by atoms with E-state index in [1.54, 1.807) is 14.2 Å². The largest absolute Gasteiger partial charge is 0.493 e. The Morgan fingerprint density at radius 3 is 2.66 bits per heavy atom. The Kier molecular flexibility index (Phi) is 6.94. The summed E-state index contributed by atoms with van der Waals surface area (Å²) < 4.78 is 12.8. The quantitative estimate of drug-likeness (QED) is 0.453. The lowest BCUT2D eigenvalue weighted by Crippen LogP contribution is -2.38. The number of pyridine rings is 1. The molecule has 7 heteroatoms. The van der Waals surface area contributed by atoms with Crippen LogP contribution in [-0.4, -0.2) is 42.7 Å². The summed E-state index contributed by atoms with van der Waals surface area (Å²) in [7, 11) is 3.29. The van der Waals surface area contributed by atoms with Crippen molar-refractivity contribution in [1.82, 2.24) is 20.0 Å². The third-order valence-electron chi connectivity index (χ3n) is 4.64. The summed E-state index contributed by atoms with van der Waals surface area (Å²) in [6, 6.07) is 12.1. The molecule has 0 unspecified atom stereocenters. The van der Waals surface area contributed by atoms with Crippen molar-refractivity contribution in [3.8, 4) is 11.5 Å². The highest BCUT2D eigenvalue weighted by Crippen LogP contribution is 2.27. The van der Waals surface area contributed by atoms with Gasteiger partial charge in [0.25, 0.3) is 0 Å². The lowest BCUT2D eigenvalue weighted by Gasteiger charge is -2.12. The Bertz CT molecular complexity index is 980. The van der Waals surface area contributed by atoms with E-state index in [0.29, 0.717) is 6.54 Å². The molecule has 2 heterocycles. The number of methoxy groups -OCH3 is 2. The molecule has 0 saturated carbocycles. The molecule has 154 valence electrons. The van der Waals surface area contributed by atoms with E-state index in [1.807, 2.05) is 36.5 Å². The second-order valence-electron chi connectivity index (χ2n) is 6.69. The summed E-state index contributed by atoms with van der Waals surface area (Å²) in [5.41, 5.74) is 4.21. The molecule has 7 nitrogen and oxygen atoms in total. The highest BCUT2D eigenvalue weighted by atomic mass is 16.5. The van der Waals surface area contributed by atoms with E-state index >= 15 is 0 Å². The van der Waals surface area contributed by atoms with Crippen molar-refractivity contribution in [1.29, 1.82) is 0 Å². The van der Waals surface area contributed by atoms with Gasteiger partial charge in [-0.1, -0.05) is 12.1 Å². The maximum absolute atomic E-state index is 5.37. The van der Waals surface area contributed by atoms with Gasteiger partial charge in [-0.05, 0) is 50.1 Å². The van der Waals surface area contributed by atoms with Crippen molar-refractivity contribution >= 4 is 11.6 Å². The minimum absolute atomic E-state index is 0.521. The third-order valence-corrected chi connectivity index (χ3v) is 4.64. The molecular formula is C22H29N5O2. The second kappa shape index (κ2) is 9.82. The van der Waals surface area contributed by atoms with E-state index in [-0.39, 0.29) is 0 Å². The van der Waals surface area contributed by atoms with Crippen LogP contribution in [0.4, 0.5) is 0 Å². The van der Waals surface area contributed by atoms with Gasteiger partial charge in [-0.15, -0.1) is 0 Å². The number of hydrogen-bond donors (Lipinski definition) is 2. The van der Waals surface area contributed by atoms with Crippen LogP contribution in [0, 0.1) is 6.92 Å². The molecule has 29 heavy (non-hydrogen) atoms. The van der Waals surface area contributed by atoms with Crippen LogP contribution in [-0.2, 0) is 13.0 Å². The average Bonchev–Trinajstić information content (AvgIpc) is 3.16. The molecule has 2 N–H and O–H groups in total. The number of aliphatic imine (C=N–C) groups is 1. The number of rotatable bonds is 8. The van der Waals surface area contributed by atoms with Crippen LogP contribution in [0.1, 0.15) is 23.9 Å². The third kappa shape index (κ3) is 5.19.